The van der Waals surface area contributed by atoms with Gasteiger partial charge < -0.3 is 4.74 Å². The Morgan fingerprint density at radius 1 is 1.05 bits per heavy atom. The monoisotopic (exact) mass is 309 g/mol. The Kier molecular flexibility index (Phi) is 4.92. The zero-order chi connectivity index (χ0) is 14.6. The highest BCUT2D eigenvalue weighted by atomic mass is 35.5. The first-order chi connectivity index (χ1) is 9.46. The zero-order valence-corrected chi connectivity index (χ0v) is 12.8. The predicted octanol–water partition coefficient (Wildman–Crippen LogP) is 4.68. The van der Waals surface area contributed by atoms with Gasteiger partial charge in [-0.05, 0) is 43.2 Å². The van der Waals surface area contributed by atoms with Crippen molar-refractivity contribution in [1.82, 2.24) is 0 Å². The molecule has 0 aliphatic carbocycles. The van der Waals surface area contributed by atoms with Crippen LogP contribution in [0.3, 0.4) is 0 Å². The number of nitrogens with two attached hydrogens (primary N) is 1. The van der Waals surface area contributed by atoms with Crippen molar-refractivity contribution in [3.63, 3.8) is 0 Å². The van der Waals surface area contributed by atoms with Crippen molar-refractivity contribution in [3.05, 3.63) is 64.1 Å². The second-order valence-electron chi connectivity index (χ2n) is 4.97. The van der Waals surface area contributed by atoms with E-state index in [1.807, 2.05) is 49.4 Å². The number of aryl methyl sites for hydroxylation is 1. The number of hydrogen-bond donors (Lipinski definition) is 1. The predicted molar refractivity (Wildman–Crippen MR) is 84.4 cm³/mol. The van der Waals surface area contributed by atoms with Gasteiger partial charge in [0.05, 0.1) is 5.02 Å². The van der Waals surface area contributed by atoms with E-state index in [4.69, 9.17) is 33.7 Å². The van der Waals surface area contributed by atoms with Gasteiger partial charge in [-0.2, -0.15) is 0 Å². The molecule has 0 amide bonds. The SMILES string of the molecule is CC(N)(CCc1ccc(Cl)cc1)Oc1ccccc1Cl. The Labute approximate surface area is 129 Å². The minimum Gasteiger partial charge on any atom is -0.472 e. The van der Waals surface area contributed by atoms with Crippen molar-refractivity contribution in [1.29, 1.82) is 0 Å². The van der Waals surface area contributed by atoms with Crippen LogP contribution >= 0.6 is 23.2 Å². The lowest BCUT2D eigenvalue weighted by Gasteiger charge is -2.26. The fraction of sp³-hybridized carbons (Fsp3) is 0.250. The molecule has 0 fully saturated rings. The van der Waals surface area contributed by atoms with E-state index in [1.165, 1.54) is 5.56 Å². The van der Waals surface area contributed by atoms with Gasteiger partial charge in [-0.25, -0.2) is 0 Å². The van der Waals surface area contributed by atoms with Gasteiger partial charge >= 0.3 is 0 Å². The van der Waals surface area contributed by atoms with Gasteiger partial charge in [0.1, 0.15) is 5.75 Å². The average molecular weight is 310 g/mol. The van der Waals surface area contributed by atoms with E-state index in [9.17, 15) is 0 Å². The number of halogens is 2. The molecule has 0 aliphatic rings. The molecular formula is C16H17Cl2NO. The van der Waals surface area contributed by atoms with Crippen LogP contribution in [0.2, 0.25) is 10.0 Å². The Hall–Kier alpha value is -1.22. The molecular weight excluding hydrogens is 293 g/mol. The Balaban J connectivity index is 1.97. The van der Waals surface area contributed by atoms with Crippen LogP contribution in [0.15, 0.2) is 48.5 Å². The molecule has 0 heterocycles. The molecule has 20 heavy (non-hydrogen) atoms. The van der Waals surface area contributed by atoms with E-state index in [0.717, 1.165) is 11.4 Å². The highest BCUT2D eigenvalue weighted by molar-refractivity contribution is 6.32. The van der Waals surface area contributed by atoms with E-state index in [1.54, 1.807) is 6.07 Å². The molecule has 0 aromatic heterocycles. The lowest BCUT2D eigenvalue weighted by atomic mass is 10.0. The van der Waals surface area contributed by atoms with Gasteiger partial charge in [0.25, 0.3) is 0 Å². The van der Waals surface area contributed by atoms with Crippen molar-refractivity contribution in [2.45, 2.75) is 25.5 Å². The number of ether oxygens (including phenoxy) is 1. The van der Waals surface area contributed by atoms with E-state index >= 15 is 0 Å². The van der Waals surface area contributed by atoms with E-state index in [0.29, 0.717) is 17.2 Å². The maximum atomic E-state index is 6.19. The molecule has 1 unspecified atom stereocenters. The first kappa shape index (κ1) is 15.2. The fourth-order valence-corrected chi connectivity index (χ4v) is 2.17. The molecule has 2 rings (SSSR count). The summed E-state index contributed by atoms with van der Waals surface area (Å²) >= 11 is 11.9. The third-order valence-electron chi connectivity index (χ3n) is 3.00. The highest BCUT2D eigenvalue weighted by Gasteiger charge is 2.21. The zero-order valence-electron chi connectivity index (χ0n) is 11.3. The number of hydrogen-bond acceptors (Lipinski definition) is 2. The highest BCUT2D eigenvalue weighted by Crippen LogP contribution is 2.27. The summed E-state index contributed by atoms with van der Waals surface area (Å²) in [5.74, 6) is 0.607. The molecule has 1 atom stereocenters. The molecule has 2 aromatic carbocycles. The summed E-state index contributed by atoms with van der Waals surface area (Å²) in [5.41, 5.74) is 6.59. The summed E-state index contributed by atoms with van der Waals surface area (Å²) < 4.78 is 5.80. The van der Waals surface area contributed by atoms with Crippen LogP contribution in [-0.4, -0.2) is 5.72 Å². The molecule has 2 N–H and O–H groups in total. The van der Waals surface area contributed by atoms with Gasteiger partial charge in [-0.3, -0.25) is 5.73 Å². The number of para-hydroxylation sites is 1. The molecule has 0 aliphatic heterocycles. The molecule has 2 aromatic rings. The number of benzene rings is 2. The molecule has 0 bridgehead atoms. The van der Waals surface area contributed by atoms with Crippen LogP contribution < -0.4 is 10.5 Å². The third-order valence-corrected chi connectivity index (χ3v) is 3.57. The minimum atomic E-state index is -0.773. The van der Waals surface area contributed by atoms with E-state index < -0.39 is 5.72 Å². The lowest BCUT2D eigenvalue weighted by Crippen LogP contribution is -2.43. The summed E-state index contributed by atoms with van der Waals surface area (Å²) in [7, 11) is 0. The smallest absolute Gasteiger partial charge is 0.156 e. The average Bonchev–Trinajstić information content (AvgIpc) is 2.41. The first-order valence-corrected chi connectivity index (χ1v) is 7.19. The molecule has 4 heteroatoms. The van der Waals surface area contributed by atoms with Crippen molar-refractivity contribution in [2.75, 3.05) is 0 Å². The Morgan fingerprint density at radius 3 is 2.35 bits per heavy atom. The second-order valence-corrected chi connectivity index (χ2v) is 5.82. The lowest BCUT2D eigenvalue weighted by molar-refractivity contribution is 0.0867. The minimum absolute atomic E-state index is 0.565. The largest absolute Gasteiger partial charge is 0.472 e. The maximum Gasteiger partial charge on any atom is 0.156 e. The van der Waals surface area contributed by atoms with Gasteiger partial charge in [0.15, 0.2) is 5.72 Å². The van der Waals surface area contributed by atoms with Crippen molar-refractivity contribution >= 4 is 23.2 Å². The second kappa shape index (κ2) is 6.49. The maximum absolute atomic E-state index is 6.19. The molecule has 106 valence electrons. The normalized spacial score (nSPS) is 13.8. The topological polar surface area (TPSA) is 35.2 Å². The van der Waals surface area contributed by atoms with Gasteiger partial charge in [0, 0.05) is 11.4 Å². The van der Waals surface area contributed by atoms with Crippen molar-refractivity contribution in [3.8, 4) is 5.75 Å². The summed E-state index contributed by atoms with van der Waals surface area (Å²) in [6.45, 7) is 1.85. The van der Waals surface area contributed by atoms with E-state index in [-0.39, 0.29) is 0 Å². The summed E-state index contributed by atoms with van der Waals surface area (Å²) in [6.07, 6.45) is 1.49. The quantitative estimate of drug-likeness (QED) is 0.814. The summed E-state index contributed by atoms with van der Waals surface area (Å²) in [6, 6.07) is 15.1. The molecule has 0 saturated carbocycles. The summed E-state index contributed by atoms with van der Waals surface area (Å²) in [4.78, 5) is 0. The van der Waals surface area contributed by atoms with Gasteiger partial charge in [-0.1, -0.05) is 47.5 Å². The van der Waals surface area contributed by atoms with Gasteiger partial charge in [0.2, 0.25) is 0 Å². The fourth-order valence-electron chi connectivity index (χ4n) is 1.87. The van der Waals surface area contributed by atoms with Crippen LogP contribution in [0.25, 0.3) is 0 Å². The van der Waals surface area contributed by atoms with Crippen LogP contribution in [0.5, 0.6) is 5.75 Å². The Morgan fingerprint density at radius 2 is 1.70 bits per heavy atom. The number of rotatable bonds is 5. The summed E-state index contributed by atoms with van der Waals surface area (Å²) in [5, 5.41) is 1.30. The molecule has 0 radical (unpaired) electrons. The van der Waals surface area contributed by atoms with Crippen LogP contribution in [0, 0.1) is 0 Å². The van der Waals surface area contributed by atoms with Crippen LogP contribution in [0.4, 0.5) is 0 Å². The van der Waals surface area contributed by atoms with Gasteiger partial charge in [-0.15, -0.1) is 0 Å². The van der Waals surface area contributed by atoms with Crippen molar-refractivity contribution < 1.29 is 4.74 Å². The molecule has 0 saturated heterocycles. The van der Waals surface area contributed by atoms with Crippen molar-refractivity contribution in [2.24, 2.45) is 5.73 Å². The van der Waals surface area contributed by atoms with Crippen LogP contribution in [-0.2, 0) is 6.42 Å². The third kappa shape index (κ3) is 4.41. The van der Waals surface area contributed by atoms with E-state index in [2.05, 4.69) is 0 Å². The van der Waals surface area contributed by atoms with Crippen LogP contribution in [0.1, 0.15) is 18.9 Å². The first-order valence-electron chi connectivity index (χ1n) is 6.43. The molecule has 2 nitrogen and oxygen atoms in total. The Bertz CT molecular complexity index is 567. The standard InChI is InChI=1S/C16H17Cl2NO/c1-16(19,20-15-5-3-2-4-14(15)18)11-10-12-6-8-13(17)9-7-12/h2-9H,10-11,19H2,1H3. The molecule has 0 spiro atoms.